The van der Waals surface area contributed by atoms with Gasteiger partial charge in [0.2, 0.25) is 0 Å². The Bertz CT molecular complexity index is 165. The maximum Gasteiger partial charge on any atom is 0.315 e. The van der Waals surface area contributed by atoms with Crippen molar-refractivity contribution < 1.29 is 4.79 Å². The summed E-state index contributed by atoms with van der Waals surface area (Å²) in [4.78, 5) is 11.0. The standard InChI is InChI=1S/C8H16N2O/c1-6-4-8(2,3)5-9-7(11)10-6/h6H,4-5H2,1-3H3,(H2,9,10,11). The molecule has 2 N–H and O–H groups in total. The van der Waals surface area contributed by atoms with Crippen LogP contribution in [0.25, 0.3) is 0 Å². The summed E-state index contributed by atoms with van der Waals surface area (Å²) in [6, 6.07) is 0.246. The zero-order valence-electron chi connectivity index (χ0n) is 7.40. The van der Waals surface area contributed by atoms with E-state index in [0.29, 0.717) is 0 Å². The fourth-order valence-electron chi connectivity index (χ4n) is 1.55. The third-order valence-corrected chi connectivity index (χ3v) is 1.96. The number of carbonyl (C=O) groups is 1. The van der Waals surface area contributed by atoms with Crippen molar-refractivity contribution in [2.24, 2.45) is 5.41 Å². The van der Waals surface area contributed by atoms with Crippen molar-refractivity contribution in [2.45, 2.75) is 33.2 Å². The van der Waals surface area contributed by atoms with Gasteiger partial charge >= 0.3 is 6.03 Å². The molecule has 1 atom stereocenters. The predicted molar refractivity (Wildman–Crippen MR) is 44.4 cm³/mol. The number of hydrogen-bond donors (Lipinski definition) is 2. The van der Waals surface area contributed by atoms with Gasteiger partial charge in [-0.25, -0.2) is 4.79 Å². The molecule has 2 amide bonds. The Morgan fingerprint density at radius 3 is 2.82 bits per heavy atom. The Hall–Kier alpha value is -0.730. The lowest BCUT2D eigenvalue weighted by Gasteiger charge is -2.23. The summed E-state index contributed by atoms with van der Waals surface area (Å²) < 4.78 is 0. The molecule has 0 aromatic heterocycles. The zero-order valence-corrected chi connectivity index (χ0v) is 7.40. The number of nitrogens with one attached hydrogen (secondary N) is 2. The molecule has 1 heterocycles. The third kappa shape index (κ3) is 2.41. The van der Waals surface area contributed by atoms with Crippen LogP contribution in [-0.2, 0) is 0 Å². The number of hydrogen-bond acceptors (Lipinski definition) is 1. The molecular weight excluding hydrogens is 140 g/mol. The van der Waals surface area contributed by atoms with Gasteiger partial charge in [-0.15, -0.1) is 0 Å². The minimum atomic E-state index is -0.0388. The first-order valence-corrected chi connectivity index (χ1v) is 4.04. The van der Waals surface area contributed by atoms with Gasteiger partial charge in [-0.2, -0.15) is 0 Å². The molecule has 3 nitrogen and oxygen atoms in total. The van der Waals surface area contributed by atoms with Crippen LogP contribution in [0.3, 0.4) is 0 Å². The molecule has 11 heavy (non-hydrogen) atoms. The Balaban J connectivity index is 2.60. The van der Waals surface area contributed by atoms with Gasteiger partial charge in [0, 0.05) is 12.6 Å². The molecule has 1 aliphatic heterocycles. The van der Waals surface area contributed by atoms with Crippen LogP contribution >= 0.6 is 0 Å². The van der Waals surface area contributed by atoms with Crippen molar-refractivity contribution in [3.05, 3.63) is 0 Å². The van der Waals surface area contributed by atoms with Crippen LogP contribution in [0.2, 0.25) is 0 Å². The summed E-state index contributed by atoms with van der Waals surface area (Å²) >= 11 is 0. The second kappa shape index (κ2) is 2.72. The number of carbonyl (C=O) groups excluding carboxylic acids is 1. The zero-order chi connectivity index (χ0) is 8.48. The summed E-state index contributed by atoms with van der Waals surface area (Å²) in [5.74, 6) is 0. The first-order chi connectivity index (χ1) is 4.99. The van der Waals surface area contributed by atoms with Crippen LogP contribution in [0.5, 0.6) is 0 Å². The van der Waals surface area contributed by atoms with E-state index in [1.807, 2.05) is 6.92 Å². The smallest absolute Gasteiger partial charge is 0.315 e. The molecular formula is C8H16N2O. The Kier molecular flexibility index (Phi) is 2.07. The first kappa shape index (κ1) is 8.37. The monoisotopic (exact) mass is 156 g/mol. The van der Waals surface area contributed by atoms with E-state index in [4.69, 9.17) is 0 Å². The van der Waals surface area contributed by atoms with Gasteiger partial charge < -0.3 is 10.6 Å². The lowest BCUT2D eigenvalue weighted by molar-refractivity contribution is 0.240. The van der Waals surface area contributed by atoms with Crippen LogP contribution in [0.4, 0.5) is 4.79 Å². The van der Waals surface area contributed by atoms with E-state index in [0.717, 1.165) is 13.0 Å². The minimum Gasteiger partial charge on any atom is -0.338 e. The normalized spacial score (nSPS) is 30.1. The quantitative estimate of drug-likeness (QED) is 0.542. The van der Waals surface area contributed by atoms with Crippen molar-refractivity contribution in [3.8, 4) is 0 Å². The average Bonchev–Trinajstić information content (AvgIpc) is 1.90. The highest BCUT2D eigenvalue weighted by Crippen LogP contribution is 2.22. The fourth-order valence-corrected chi connectivity index (χ4v) is 1.55. The van der Waals surface area contributed by atoms with Gasteiger partial charge in [-0.05, 0) is 18.8 Å². The van der Waals surface area contributed by atoms with Gasteiger partial charge in [-0.3, -0.25) is 0 Å². The van der Waals surface area contributed by atoms with Gasteiger partial charge in [0.1, 0.15) is 0 Å². The Morgan fingerprint density at radius 2 is 2.18 bits per heavy atom. The second-order valence-corrected chi connectivity index (χ2v) is 4.10. The summed E-state index contributed by atoms with van der Waals surface area (Å²) in [5, 5.41) is 5.66. The summed E-state index contributed by atoms with van der Waals surface area (Å²) in [7, 11) is 0. The number of amides is 2. The van der Waals surface area contributed by atoms with Crippen LogP contribution in [0.15, 0.2) is 0 Å². The third-order valence-electron chi connectivity index (χ3n) is 1.96. The molecule has 3 heteroatoms. The highest BCUT2D eigenvalue weighted by Gasteiger charge is 2.25. The van der Waals surface area contributed by atoms with Crippen LogP contribution in [0, 0.1) is 5.41 Å². The van der Waals surface area contributed by atoms with E-state index < -0.39 is 0 Å². The van der Waals surface area contributed by atoms with Crippen LogP contribution < -0.4 is 10.6 Å². The lowest BCUT2D eigenvalue weighted by Crippen LogP contribution is -2.37. The van der Waals surface area contributed by atoms with Crippen molar-refractivity contribution >= 4 is 6.03 Å². The highest BCUT2D eigenvalue weighted by atomic mass is 16.2. The predicted octanol–water partition coefficient (Wildman–Crippen LogP) is 1.10. The first-order valence-electron chi connectivity index (χ1n) is 4.04. The van der Waals surface area contributed by atoms with E-state index in [-0.39, 0.29) is 17.5 Å². The van der Waals surface area contributed by atoms with E-state index in [2.05, 4.69) is 24.5 Å². The average molecular weight is 156 g/mol. The van der Waals surface area contributed by atoms with Gasteiger partial charge in [0.05, 0.1) is 0 Å². The largest absolute Gasteiger partial charge is 0.338 e. The molecule has 1 rings (SSSR count). The summed E-state index contributed by atoms with van der Waals surface area (Å²) in [6.07, 6.45) is 1.03. The molecule has 0 radical (unpaired) electrons. The topological polar surface area (TPSA) is 41.1 Å². The second-order valence-electron chi connectivity index (χ2n) is 4.10. The molecule has 0 aromatic carbocycles. The molecule has 64 valence electrons. The molecule has 1 saturated heterocycles. The molecule has 0 saturated carbocycles. The van der Waals surface area contributed by atoms with Gasteiger partial charge in [0.25, 0.3) is 0 Å². The van der Waals surface area contributed by atoms with Crippen molar-refractivity contribution in [1.29, 1.82) is 0 Å². The molecule has 0 bridgehead atoms. The van der Waals surface area contributed by atoms with Gasteiger partial charge in [0.15, 0.2) is 0 Å². The lowest BCUT2D eigenvalue weighted by atomic mass is 9.87. The summed E-state index contributed by atoms with van der Waals surface area (Å²) in [5.41, 5.74) is 0.221. The van der Waals surface area contributed by atoms with Crippen molar-refractivity contribution in [1.82, 2.24) is 10.6 Å². The van der Waals surface area contributed by atoms with Crippen LogP contribution in [-0.4, -0.2) is 18.6 Å². The van der Waals surface area contributed by atoms with E-state index in [1.165, 1.54) is 0 Å². The molecule has 1 aliphatic rings. The number of urea groups is 1. The molecule has 1 unspecified atom stereocenters. The van der Waals surface area contributed by atoms with Crippen LogP contribution in [0.1, 0.15) is 27.2 Å². The molecule has 0 spiro atoms. The fraction of sp³-hybridized carbons (Fsp3) is 0.875. The maximum absolute atomic E-state index is 11.0. The highest BCUT2D eigenvalue weighted by molar-refractivity contribution is 5.74. The molecule has 1 fully saturated rings. The summed E-state index contributed by atoms with van der Waals surface area (Å²) in [6.45, 7) is 7.13. The Morgan fingerprint density at radius 1 is 1.55 bits per heavy atom. The van der Waals surface area contributed by atoms with E-state index in [9.17, 15) is 4.79 Å². The van der Waals surface area contributed by atoms with E-state index >= 15 is 0 Å². The Labute approximate surface area is 67.5 Å². The maximum atomic E-state index is 11.0. The molecule has 0 aromatic rings. The SMILES string of the molecule is CC1CC(C)(C)CNC(=O)N1. The van der Waals surface area contributed by atoms with Crippen molar-refractivity contribution in [2.75, 3.05) is 6.54 Å². The van der Waals surface area contributed by atoms with Crippen molar-refractivity contribution in [3.63, 3.8) is 0 Å². The number of rotatable bonds is 0. The van der Waals surface area contributed by atoms with E-state index in [1.54, 1.807) is 0 Å². The minimum absolute atomic E-state index is 0.0388. The van der Waals surface area contributed by atoms with Gasteiger partial charge in [-0.1, -0.05) is 13.8 Å². The molecule has 0 aliphatic carbocycles.